The van der Waals surface area contributed by atoms with Crippen LogP contribution in [0.15, 0.2) is 237 Å². The fraction of sp³-hybridized carbons (Fsp3) is 0.0492. The molecule has 0 radical (unpaired) electrons. The Morgan fingerprint density at radius 3 is 1.34 bits per heavy atom. The van der Waals surface area contributed by atoms with Gasteiger partial charge in [-0.25, -0.2) is 0 Å². The van der Waals surface area contributed by atoms with Crippen LogP contribution < -0.4 is 4.90 Å². The van der Waals surface area contributed by atoms with Gasteiger partial charge in [-0.2, -0.15) is 0 Å². The molecule has 1 aliphatic rings. The monoisotopic (exact) mass is 791 g/mol. The highest BCUT2D eigenvalue weighted by molar-refractivity contribution is 5.98. The quantitative estimate of drug-likeness (QED) is 0.148. The van der Waals surface area contributed by atoms with Gasteiger partial charge >= 0.3 is 0 Å². The van der Waals surface area contributed by atoms with E-state index in [0.29, 0.717) is 0 Å². The maximum atomic E-state index is 2.44. The Morgan fingerprint density at radius 1 is 0.274 bits per heavy atom. The summed E-state index contributed by atoms with van der Waals surface area (Å²) in [5, 5.41) is 2.48. The molecular formula is C61H45N. The summed E-state index contributed by atoms with van der Waals surface area (Å²) in [6.45, 7) is 4.76. The zero-order valence-electron chi connectivity index (χ0n) is 35.0. The van der Waals surface area contributed by atoms with Gasteiger partial charge < -0.3 is 4.90 Å². The molecule has 0 atom stereocenters. The highest BCUT2D eigenvalue weighted by atomic mass is 15.1. The zero-order chi connectivity index (χ0) is 41.6. The molecule has 294 valence electrons. The van der Waals surface area contributed by atoms with Gasteiger partial charge in [-0.1, -0.05) is 196 Å². The first-order chi connectivity index (χ1) is 30.5. The fourth-order valence-electron chi connectivity index (χ4n) is 9.66. The third kappa shape index (κ3) is 6.60. The molecule has 0 unspecified atom stereocenters. The molecule has 0 saturated carbocycles. The highest BCUT2D eigenvalue weighted by Crippen LogP contribution is 2.54. The van der Waals surface area contributed by atoms with E-state index in [1.54, 1.807) is 0 Å². The molecule has 11 rings (SSSR count). The SMILES string of the molecule is CC1(C)c2cc(N(c3ccc(-c4ccccc4)cc3)c3ccc(-c4cc5ccccc5cc4-c4ccccc4)cc3)ccc2-c2c(-c3cccc(-c4ccccc4)c3)cccc21. The summed E-state index contributed by atoms with van der Waals surface area (Å²) >= 11 is 0. The van der Waals surface area contributed by atoms with E-state index >= 15 is 0 Å². The Labute approximate surface area is 364 Å². The smallest absolute Gasteiger partial charge is 0.0465 e. The molecule has 10 aromatic rings. The molecule has 0 N–H and O–H groups in total. The minimum absolute atomic E-state index is 0.204. The van der Waals surface area contributed by atoms with Crippen LogP contribution in [0.2, 0.25) is 0 Å². The lowest BCUT2D eigenvalue weighted by atomic mass is 9.81. The first kappa shape index (κ1) is 37.3. The second-order valence-corrected chi connectivity index (χ2v) is 16.9. The lowest BCUT2D eigenvalue weighted by Crippen LogP contribution is -2.16. The Morgan fingerprint density at radius 2 is 0.726 bits per heavy atom. The molecule has 1 aliphatic carbocycles. The Bertz CT molecular complexity index is 3220. The topological polar surface area (TPSA) is 3.24 Å². The number of hydrogen-bond donors (Lipinski definition) is 0. The molecule has 0 aromatic heterocycles. The maximum absolute atomic E-state index is 2.44. The Kier molecular flexibility index (Phi) is 9.24. The third-order valence-electron chi connectivity index (χ3n) is 12.9. The van der Waals surface area contributed by atoms with Crippen molar-refractivity contribution in [1.82, 2.24) is 0 Å². The number of rotatable bonds is 8. The average molecular weight is 792 g/mol. The first-order valence-electron chi connectivity index (χ1n) is 21.6. The molecule has 0 fully saturated rings. The first-order valence-corrected chi connectivity index (χ1v) is 21.6. The van der Waals surface area contributed by atoms with E-state index in [9.17, 15) is 0 Å². The van der Waals surface area contributed by atoms with Gasteiger partial charge in [0.15, 0.2) is 0 Å². The van der Waals surface area contributed by atoms with Crippen molar-refractivity contribution >= 4 is 27.8 Å². The Balaban J connectivity index is 1.03. The van der Waals surface area contributed by atoms with Crippen LogP contribution >= 0.6 is 0 Å². The van der Waals surface area contributed by atoms with E-state index < -0.39 is 0 Å². The second kappa shape index (κ2) is 15.4. The molecule has 0 amide bonds. The van der Waals surface area contributed by atoms with Crippen molar-refractivity contribution in [3.8, 4) is 66.8 Å². The van der Waals surface area contributed by atoms with Gasteiger partial charge in [-0.05, 0) is 143 Å². The van der Waals surface area contributed by atoms with E-state index in [1.807, 2.05) is 0 Å². The molecule has 0 bridgehead atoms. The summed E-state index contributed by atoms with van der Waals surface area (Å²) in [6, 6.07) is 86.6. The summed E-state index contributed by atoms with van der Waals surface area (Å²) < 4.78 is 0. The highest BCUT2D eigenvalue weighted by Gasteiger charge is 2.37. The van der Waals surface area contributed by atoms with E-state index in [1.165, 1.54) is 88.7 Å². The number of anilines is 3. The molecule has 0 heterocycles. The van der Waals surface area contributed by atoms with E-state index in [0.717, 1.165) is 17.1 Å². The molecule has 0 aliphatic heterocycles. The van der Waals surface area contributed by atoms with Gasteiger partial charge in [0.25, 0.3) is 0 Å². The molecule has 1 heteroatoms. The van der Waals surface area contributed by atoms with Crippen molar-refractivity contribution < 1.29 is 0 Å². The fourth-order valence-corrected chi connectivity index (χ4v) is 9.66. The van der Waals surface area contributed by atoms with Crippen LogP contribution in [-0.4, -0.2) is 0 Å². The van der Waals surface area contributed by atoms with Crippen LogP contribution in [0, 0.1) is 0 Å². The van der Waals surface area contributed by atoms with Crippen LogP contribution in [0.25, 0.3) is 77.5 Å². The van der Waals surface area contributed by atoms with Crippen molar-refractivity contribution in [3.05, 3.63) is 248 Å². The zero-order valence-corrected chi connectivity index (χ0v) is 35.0. The van der Waals surface area contributed by atoms with Crippen LogP contribution in [0.3, 0.4) is 0 Å². The minimum Gasteiger partial charge on any atom is -0.310 e. The number of hydrogen-bond acceptors (Lipinski definition) is 1. The lowest BCUT2D eigenvalue weighted by Gasteiger charge is -2.28. The summed E-state index contributed by atoms with van der Waals surface area (Å²) in [6.07, 6.45) is 0. The standard InChI is InChI=1S/C61H45N/c1-61(2)58-27-15-26-54(50-25-14-24-47(38-50)43-18-8-4-9-19-43)60(58)55-37-36-53(41-59(55)61)62(51-32-28-44(29-33-51)42-16-6-3-7-17-42)52-34-30-46(31-35-52)57-40-49-23-13-12-22-48(49)39-56(57)45-20-10-5-11-21-45/h3-41H,1-2H3. The van der Waals surface area contributed by atoms with Gasteiger partial charge in [-0.15, -0.1) is 0 Å². The largest absolute Gasteiger partial charge is 0.310 e. The normalized spacial score (nSPS) is 12.5. The van der Waals surface area contributed by atoms with E-state index in [-0.39, 0.29) is 5.41 Å². The minimum atomic E-state index is -0.204. The summed E-state index contributed by atoms with van der Waals surface area (Å²) in [5.41, 5.74) is 20.7. The van der Waals surface area contributed by atoms with Gasteiger partial charge in [0, 0.05) is 22.5 Å². The molecule has 62 heavy (non-hydrogen) atoms. The number of benzene rings is 10. The maximum Gasteiger partial charge on any atom is 0.0465 e. The number of nitrogens with zero attached hydrogens (tertiary/aromatic N) is 1. The lowest BCUT2D eigenvalue weighted by molar-refractivity contribution is 0.660. The van der Waals surface area contributed by atoms with Crippen LogP contribution in [-0.2, 0) is 5.41 Å². The number of fused-ring (bicyclic) bond motifs is 4. The molecule has 10 aromatic carbocycles. The molecule has 0 spiro atoms. The summed E-state index contributed by atoms with van der Waals surface area (Å²) in [7, 11) is 0. The van der Waals surface area contributed by atoms with Crippen LogP contribution in [0.4, 0.5) is 17.1 Å². The Hall–Kier alpha value is -7.74. The average Bonchev–Trinajstić information content (AvgIpc) is 3.57. The molecular weight excluding hydrogens is 747 g/mol. The van der Waals surface area contributed by atoms with Crippen molar-refractivity contribution in [3.63, 3.8) is 0 Å². The van der Waals surface area contributed by atoms with Crippen molar-refractivity contribution in [2.75, 3.05) is 4.90 Å². The van der Waals surface area contributed by atoms with E-state index in [4.69, 9.17) is 0 Å². The summed E-state index contributed by atoms with van der Waals surface area (Å²) in [5.74, 6) is 0. The van der Waals surface area contributed by atoms with E-state index in [2.05, 4.69) is 255 Å². The van der Waals surface area contributed by atoms with Gasteiger partial charge in [0.1, 0.15) is 0 Å². The molecule has 1 nitrogen and oxygen atoms in total. The molecule has 0 saturated heterocycles. The van der Waals surface area contributed by atoms with Gasteiger partial charge in [-0.3, -0.25) is 0 Å². The van der Waals surface area contributed by atoms with Crippen LogP contribution in [0.1, 0.15) is 25.0 Å². The second-order valence-electron chi connectivity index (χ2n) is 16.9. The third-order valence-corrected chi connectivity index (χ3v) is 12.9. The van der Waals surface area contributed by atoms with Crippen molar-refractivity contribution in [2.24, 2.45) is 0 Å². The van der Waals surface area contributed by atoms with Gasteiger partial charge in [0.05, 0.1) is 0 Å². The van der Waals surface area contributed by atoms with Crippen LogP contribution in [0.5, 0.6) is 0 Å². The van der Waals surface area contributed by atoms with Crippen molar-refractivity contribution in [1.29, 1.82) is 0 Å². The van der Waals surface area contributed by atoms with Gasteiger partial charge in [0.2, 0.25) is 0 Å². The predicted octanol–water partition coefficient (Wildman–Crippen LogP) is 17.0. The van der Waals surface area contributed by atoms with Crippen molar-refractivity contribution in [2.45, 2.75) is 19.3 Å². The summed E-state index contributed by atoms with van der Waals surface area (Å²) in [4.78, 5) is 2.42. The predicted molar refractivity (Wildman–Crippen MR) is 263 cm³/mol.